The molecule has 6 nitrogen and oxygen atoms in total. The Kier molecular flexibility index (Phi) is 4.53. The van der Waals surface area contributed by atoms with Crippen molar-refractivity contribution in [1.29, 1.82) is 0 Å². The summed E-state index contributed by atoms with van der Waals surface area (Å²) in [6, 6.07) is 1.98. The quantitative estimate of drug-likeness (QED) is 0.840. The molecule has 116 valence electrons. The Balaban J connectivity index is 1.54. The first kappa shape index (κ1) is 14.8. The number of hydrogen-bond donors (Lipinski definition) is 0. The molecule has 7 heteroatoms. The van der Waals surface area contributed by atoms with Gasteiger partial charge in [-0.3, -0.25) is 9.78 Å². The van der Waals surface area contributed by atoms with E-state index in [-0.39, 0.29) is 12.0 Å². The molecule has 0 N–H and O–H groups in total. The van der Waals surface area contributed by atoms with Crippen LogP contribution < -0.4 is 9.47 Å². The number of hydrogen-bond acceptors (Lipinski definition) is 6. The minimum atomic E-state index is -0.0483. The fourth-order valence-corrected chi connectivity index (χ4v) is 3.06. The second-order valence-electron chi connectivity index (χ2n) is 5.08. The van der Waals surface area contributed by atoms with Crippen molar-refractivity contribution in [3.05, 3.63) is 34.8 Å². The summed E-state index contributed by atoms with van der Waals surface area (Å²) >= 11 is 1.61. The van der Waals surface area contributed by atoms with Gasteiger partial charge in [0.15, 0.2) is 0 Å². The smallest absolute Gasteiger partial charge is 0.235 e. The number of aromatic nitrogens is 2. The van der Waals surface area contributed by atoms with Crippen molar-refractivity contribution in [1.82, 2.24) is 14.9 Å². The fraction of sp³-hybridized carbons (Fsp3) is 0.400. The maximum Gasteiger partial charge on any atom is 0.235 e. The van der Waals surface area contributed by atoms with Crippen molar-refractivity contribution in [2.45, 2.75) is 18.9 Å². The highest BCUT2D eigenvalue weighted by Gasteiger charge is 2.28. The van der Waals surface area contributed by atoms with E-state index in [0.29, 0.717) is 31.3 Å². The van der Waals surface area contributed by atoms with E-state index in [2.05, 4.69) is 9.97 Å². The van der Waals surface area contributed by atoms with Gasteiger partial charge < -0.3 is 14.4 Å². The lowest BCUT2D eigenvalue weighted by Gasteiger charge is -2.16. The van der Waals surface area contributed by atoms with Gasteiger partial charge in [-0.15, -0.1) is 0 Å². The number of methoxy groups -OCH3 is 1. The molecule has 2 aromatic heterocycles. The standard InChI is InChI=1S/C15H17N3O3S/c1-20-13-7-16-8-14(17-13)21-12-2-4-18(9-12)15(19)6-11-3-5-22-10-11/h3,5,7-8,10,12H,2,4,6,9H2,1H3/t12-/m0/s1. The average molecular weight is 319 g/mol. The number of likely N-dealkylation sites (tertiary alicyclic amines) is 1. The Bertz CT molecular complexity index is 633. The highest BCUT2D eigenvalue weighted by molar-refractivity contribution is 7.07. The van der Waals surface area contributed by atoms with Crippen LogP contribution in [0.25, 0.3) is 0 Å². The van der Waals surface area contributed by atoms with Gasteiger partial charge in [0.2, 0.25) is 17.7 Å². The zero-order valence-electron chi connectivity index (χ0n) is 12.3. The fourth-order valence-electron chi connectivity index (χ4n) is 2.39. The van der Waals surface area contributed by atoms with Crippen LogP contribution in [-0.2, 0) is 11.2 Å². The molecule has 0 radical (unpaired) electrons. The summed E-state index contributed by atoms with van der Waals surface area (Å²) in [5, 5.41) is 3.99. The molecule has 1 aliphatic heterocycles. The first-order valence-corrected chi connectivity index (χ1v) is 8.00. The van der Waals surface area contributed by atoms with Gasteiger partial charge in [0, 0.05) is 13.0 Å². The van der Waals surface area contributed by atoms with E-state index in [1.807, 2.05) is 21.7 Å². The van der Waals surface area contributed by atoms with Gasteiger partial charge in [0.25, 0.3) is 0 Å². The Morgan fingerprint density at radius 3 is 3.09 bits per heavy atom. The number of nitrogens with zero attached hydrogens (tertiary/aromatic N) is 3. The first-order chi connectivity index (χ1) is 10.7. The number of amides is 1. The molecule has 3 heterocycles. The van der Waals surface area contributed by atoms with E-state index in [0.717, 1.165) is 12.0 Å². The van der Waals surface area contributed by atoms with Gasteiger partial charge in [0.1, 0.15) is 6.10 Å². The van der Waals surface area contributed by atoms with Gasteiger partial charge in [-0.25, -0.2) is 0 Å². The average Bonchev–Trinajstić information content (AvgIpc) is 3.19. The van der Waals surface area contributed by atoms with E-state index < -0.39 is 0 Å². The molecule has 1 saturated heterocycles. The van der Waals surface area contributed by atoms with Crippen LogP contribution in [0, 0.1) is 0 Å². The molecule has 0 spiro atoms. The lowest BCUT2D eigenvalue weighted by Crippen LogP contribution is -2.32. The van der Waals surface area contributed by atoms with Gasteiger partial charge in [0.05, 0.1) is 32.5 Å². The second kappa shape index (κ2) is 6.74. The minimum Gasteiger partial charge on any atom is -0.480 e. The van der Waals surface area contributed by atoms with Crippen LogP contribution in [0.2, 0.25) is 0 Å². The Labute approximate surface area is 132 Å². The molecule has 0 bridgehead atoms. The SMILES string of the molecule is COc1cncc(O[C@H]2CCN(C(=O)Cc3ccsc3)C2)n1. The predicted octanol–water partition coefficient (Wildman–Crippen LogP) is 1.77. The third-order valence-corrected chi connectivity index (χ3v) is 4.25. The number of thiophene rings is 1. The van der Waals surface area contributed by atoms with Crippen molar-refractivity contribution >= 4 is 17.2 Å². The minimum absolute atomic E-state index is 0.0483. The maximum absolute atomic E-state index is 12.2. The molecule has 22 heavy (non-hydrogen) atoms. The summed E-state index contributed by atoms with van der Waals surface area (Å²) in [6.45, 7) is 1.30. The Morgan fingerprint density at radius 2 is 2.32 bits per heavy atom. The van der Waals surface area contributed by atoms with E-state index in [1.165, 1.54) is 13.3 Å². The van der Waals surface area contributed by atoms with Crippen LogP contribution in [0.3, 0.4) is 0 Å². The zero-order chi connectivity index (χ0) is 15.4. The normalized spacial score (nSPS) is 17.5. The third kappa shape index (κ3) is 3.54. The molecule has 1 aliphatic rings. The summed E-state index contributed by atoms with van der Waals surface area (Å²) in [6.07, 6.45) is 4.29. The number of carbonyl (C=O) groups is 1. The molecule has 1 fully saturated rings. The molecule has 0 aromatic carbocycles. The molecule has 1 amide bonds. The molecular formula is C15H17N3O3S. The molecule has 3 rings (SSSR count). The molecule has 2 aromatic rings. The summed E-state index contributed by atoms with van der Waals surface area (Å²) in [5.74, 6) is 0.985. The maximum atomic E-state index is 12.2. The van der Waals surface area contributed by atoms with Crippen LogP contribution in [0.15, 0.2) is 29.2 Å². The largest absolute Gasteiger partial charge is 0.480 e. The van der Waals surface area contributed by atoms with Gasteiger partial charge in [-0.2, -0.15) is 16.3 Å². The summed E-state index contributed by atoms with van der Waals surface area (Å²) in [5.41, 5.74) is 1.07. The molecule has 0 saturated carbocycles. The highest BCUT2D eigenvalue weighted by atomic mass is 32.1. The lowest BCUT2D eigenvalue weighted by atomic mass is 10.2. The Hall–Kier alpha value is -2.15. The van der Waals surface area contributed by atoms with Crippen molar-refractivity contribution in [2.75, 3.05) is 20.2 Å². The summed E-state index contributed by atoms with van der Waals surface area (Å²) in [7, 11) is 1.54. The third-order valence-electron chi connectivity index (χ3n) is 3.52. The van der Waals surface area contributed by atoms with Crippen LogP contribution >= 0.6 is 11.3 Å². The number of ether oxygens (including phenoxy) is 2. The Morgan fingerprint density at radius 1 is 1.45 bits per heavy atom. The first-order valence-electron chi connectivity index (χ1n) is 7.06. The predicted molar refractivity (Wildman–Crippen MR) is 82.2 cm³/mol. The van der Waals surface area contributed by atoms with E-state index in [9.17, 15) is 4.79 Å². The van der Waals surface area contributed by atoms with Crippen molar-refractivity contribution in [3.8, 4) is 11.8 Å². The van der Waals surface area contributed by atoms with Crippen molar-refractivity contribution in [2.24, 2.45) is 0 Å². The second-order valence-corrected chi connectivity index (χ2v) is 5.86. The van der Waals surface area contributed by atoms with E-state index in [1.54, 1.807) is 17.5 Å². The van der Waals surface area contributed by atoms with Crippen molar-refractivity contribution in [3.63, 3.8) is 0 Å². The topological polar surface area (TPSA) is 64.6 Å². The van der Waals surface area contributed by atoms with Gasteiger partial charge >= 0.3 is 0 Å². The van der Waals surface area contributed by atoms with Crippen LogP contribution in [0.5, 0.6) is 11.8 Å². The number of rotatable bonds is 5. The van der Waals surface area contributed by atoms with Crippen molar-refractivity contribution < 1.29 is 14.3 Å². The van der Waals surface area contributed by atoms with E-state index in [4.69, 9.17) is 9.47 Å². The monoisotopic (exact) mass is 319 g/mol. The van der Waals surface area contributed by atoms with Crippen LogP contribution in [0.4, 0.5) is 0 Å². The van der Waals surface area contributed by atoms with Gasteiger partial charge in [-0.05, 0) is 22.4 Å². The molecule has 0 aliphatic carbocycles. The number of carbonyl (C=O) groups excluding carboxylic acids is 1. The zero-order valence-corrected chi connectivity index (χ0v) is 13.1. The molecular weight excluding hydrogens is 302 g/mol. The van der Waals surface area contributed by atoms with Crippen LogP contribution in [-0.4, -0.2) is 47.1 Å². The highest BCUT2D eigenvalue weighted by Crippen LogP contribution is 2.19. The summed E-state index contributed by atoms with van der Waals surface area (Å²) < 4.78 is 10.8. The summed E-state index contributed by atoms with van der Waals surface area (Å²) in [4.78, 5) is 22.3. The van der Waals surface area contributed by atoms with Crippen LogP contribution in [0.1, 0.15) is 12.0 Å². The molecule has 0 unspecified atom stereocenters. The van der Waals surface area contributed by atoms with Gasteiger partial charge in [-0.1, -0.05) is 0 Å². The van der Waals surface area contributed by atoms with E-state index >= 15 is 0 Å². The molecule has 1 atom stereocenters. The lowest BCUT2D eigenvalue weighted by molar-refractivity contribution is -0.129.